The number of carbonyl (C=O) groups excluding carboxylic acids is 1. The molecule has 3 rings (SSSR count). The van der Waals surface area contributed by atoms with Gasteiger partial charge in [-0.3, -0.25) is 14.1 Å². The second kappa shape index (κ2) is 7.84. The molecule has 2 heterocycles. The van der Waals surface area contributed by atoms with Crippen LogP contribution in [0.5, 0.6) is 0 Å². The molecule has 27 heavy (non-hydrogen) atoms. The first kappa shape index (κ1) is 19.0. The predicted octanol–water partition coefficient (Wildman–Crippen LogP) is 3.07. The van der Waals surface area contributed by atoms with E-state index in [2.05, 4.69) is 15.0 Å². The van der Waals surface area contributed by atoms with Crippen LogP contribution in [-0.2, 0) is 16.6 Å². The van der Waals surface area contributed by atoms with Crippen LogP contribution in [0.25, 0.3) is 0 Å². The highest BCUT2D eigenvalue weighted by atomic mass is 32.2. The molecule has 2 N–H and O–H groups in total. The summed E-state index contributed by atoms with van der Waals surface area (Å²) in [5, 5.41) is 4.15. The highest BCUT2D eigenvalue weighted by Crippen LogP contribution is 2.20. The van der Waals surface area contributed by atoms with E-state index >= 15 is 0 Å². The van der Waals surface area contributed by atoms with Crippen LogP contribution >= 0.6 is 11.3 Å². The first-order valence-corrected chi connectivity index (χ1v) is 9.97. The van der Waals surface area contributed by atoms with E-state index in [1.807, 2.05) is 0 Å². The van der Waals surface area contributed by atoms with Gasteiger partial charge in [-0.25, -0.2) is 13.4 Å². The molecule has 0 atom stereocenters. The third-order valence-electron chi connectivity index (χ3n) is 3.53. The number of thiophene rings is 1. The molecule has 0 aliphatic carbocycles. The summed E-state index contributed by atoms with van der Waals surface area (Å²) in [6, 6.07) is 8.87. The van der Waals surface area contributed by atoms with Gasteiger partial charge in [0.25, 0.3) is 15.9 Å². The molecule has 0 aliphatic heterocycles. The smallest absolute Gasteiger partial charge is 0.319 e. The van der Waals surface area contributed by atoms with Crippen LogP contribution in [0.1, 0.15) is 22.7 Å². The molecule has 11 heteroatoms. The number of amides is 1. The average Bonchev–Trinajstić information content (AvgIpc) is 3.32. The SMILES string of the molecule is O=C(NCc1nccn1C(F)F)c1ccc(NS(=O)(=O)c2cccs2)cc1. The number of benzene rings is 1. The zero-order valence-corrected chi connectivity index (χ0v) is 15.3. The summed E-state index contributed by atoms with van der Waals surface area (Å²) < 4.78 is 53.0. The van der Waals surface area contributed by atoms with E-state index in [0.29, 0.717) is 10.3 Å². The number of hydrogen-bond donors (Lipinski definition) is 2. The molecule has 0 unspecified atom stereocenters. The lowest BCUT2D eigenvalue weighted by Gasteiger charge is -2.09. The lowest BCUT2D eigenvalue weighted by molar-refractivity contribution is 0.0660. The Balaban J connectivity index is 1.63. The molecule has 0 saturated carbocycles. The summed E-state index contributed by atoms with van der Waals surface area (Å²) in [6.45, 7) is -2.90. The number of nitrogens with zero attached hydrogens (tertiary/aromatic N) is 2. The van der Waals surface area contributed by atoms with Crippen LogP contribution in [0.15, 0.2) is 58.4 Å². The van der Waals surface area contributed by atoms with Gasteiger partial charge in [-0.2, -0.15) is 8.78 Å². The van der Waals surface area contributed by atoms with Gasteiger partial charge in [0.05, 0.1) is 6.54 Å². The molecule has 0 fully saturated rings. The van der Waals surface area contributed by atoms with E-state index in [9.17, 15) is 22.0 Å². The maximum atomic E-state index is 12.7. The van der Waals surface area contributed by atoms with Crippen molar-refractivity contribution in [2.45, 2.75) is 17.3 Å². The number of imidazole rings is 1. The molecule has 7 nitrogen and oxygen atoms in total. The lowest BCUT2D eigenvalue weighted by atomic mass is 10.2. The van der Waals surface area contributed by atoms with Gasteiger partial charge in [0.2, 0.25) is 0 Å². The molecule has 0 radical (unpaired) electrons. The summed E-state index contributed by atoms with van der Waals surface area (Å²) in [5.74, 6) is -0.467. The number of hydrogen-bond acceptors (Lipinski definition) is 5. The van der Waals surface area contributed by atoms with E-state index in [4.69, 9.17) is 0 Å². The molecule has 142 valence electrons. The first-order valence-electron chi connectivity index (χ1n) is 7.61. The molecule has 1 aromatic carbocycles. The van der Waals surface area contributed by atoms with Crippen molar-refractivity contribution in [1.82, 2.24) is 14.9 Å². The van der Waals surface area contributed by atoms with Crippen molar-refractivity contribution in [2.24, 2.45) is 0 Å². The molecule has 0 spiro atoms. The standard InChI is InChI=1S/C16H14F2N4O3S2/c17-16(18)22-8-7-19-13(22)10-20-15(23)11-3-5-12(6-4-11)21-27(24,25)14-2-1-9-26-14/h1-9,16,21H,10H2,(H,20,23). The fourth-order valence-corrected chi connectivity index (χ4v) is 4.28. The Bertz CT molecular complexity index is 1020. The summed E-state index contributed by atoms with van der Waals surface area (Å²) in [6.07, 6.45) is 2.35. The number of rotatable bonds is 7. The third-order valence-corrected chi connectivity index (χ3v) is 6.30. The fraction of sp³-hybridized carbons (Fsp3) is 0.125. The summed E-state index contributed by atoms with van der Waals surface area (Å²) in [5.41, 5.74) is 0.553. The van der Waals surface area contributed by atoms with E-state index < -0.39 is 22.5 Å². The van der Waals surface area contributed by atoms with Crippen molar-refractivity contribution < 1.29 is 22.0 Å². The van der Waals surface area contributed by atoms with Crippen LogP contribution in [0.4, 0.5) is 14.5 Å². The number of aromatic nitrogens is 2. The maximum absolute atomic E-state index is 12.7. The van der Waals surface area contributed by atoms with Crippen molar-refractivity contribution in [3.63, 3.8) is 0 Å². The Labute approximate surface area is 157 Å². The average molecular weight is 412 g/mol. The van der Waals surface area contributed by atoms with Crippen LogP contribution < -0.4 is 10.0 Å². The molecule has 1 amide bonds. The van der Waals surface area contributed by atoms with Crippen molar-refractivity contribution in [1.29, 1.82) is 0 Å². The molecule has 0 bridgehead atoms. The monoisotopic (exact) mass is 412 g/mol. The van der Waals surface area contributed by atoms with Crippen LogP contribution in [0.3, 0.4) is 0 Å². The quantitative estimate of drug-likeness (QED) is 0.624. The zero-order valence-electron chi connectivity index (χ0n) is 13.7. The van der Waals surface area contributed by atoms with E-state index in [-0.39, 0.29) is 22.1 Å². The number of carbonyl (C=O) groups is 1. The fourth-order valence-electron chi connectivity index (χ4n) is 2.23. The molecular weight excluding hydrogens is 398 g/mol. The van der Waals surface area contributed by atoms with Crippen molar-refractivity contribution in [2.75, 3.05) is 4.72 Å². The number of nitrogens with one attached hydrogen (secondary N) is 2. The number of sulfonamides is 1. The second-order valence-corrected chi connectivity index (χ2v) is 8.18. The van der Waals surface area contributed by atoms with Gasteiger partial charge in [0.15, 0.2) is 0 Å². The molecule has 2 aromatic heterocycles. The summed E-state index contributed by atoms with van der Waals surface area (Å²) in [7, 11) is -3.67. The van der Waals surface area contributed by atoms with Crippen LogP contribution in [0.2, 0.25) is 0 Å². The Kier molecular flexibility index (Phi) is 5.51. The van der Waals surface area contributed by atoms with Gasteiger partial charge in [-0.15, -0.1) is 11.3 Å². The Morgan fingerprint density at radius 3 is 2.59 bits per heavy atom. The highest BCUT2D eigenvalue weighted by Gasteiger charge is 2.16. The lowest BCUT2D eigenvalue weighted by Crippen LogP contribution is -2.24. The number of halogens is 2. The summed E-state index contributed by atoms with van der Waals surface area (Å²) in [4.78, 5) is 15.9. The largest absolute Gasteiger partial charge is 0.345 e. The van der Waals surface area contributed by atoms with Crippen molar-refractivity contribution >= 4 is 33.0 Å². The van der Waals surface area contributed by atoms with Crippen molar-refractivity contribution in [3.8, 4) is 0 Å². The van der Waals surface area contributed by atoms with Gasteiger partial charge in [-0.1, -0.05) is 6.07 Å². The number of anilines is 1. The zero-order chi connectivity index (χ0) is 19.4. The molecule has 0 aliphatic rings. The van der Waals surface area contributed by atoms with Gasteiger partial charge >= 0.3 is 6.55 Å². The van der Waals surface area contributed by atoms with Crippen molar-refractivity contribution in [3.05, 3.63) is 65.6 Å². The van der Waals surface area contributed by atoms with E-state index in [1.165, 1.54) is 36.5 Å². The second-order valence-electron chi connectivity index (χ2n) is 5.33. The Morgan fingerprint density at radius 1 is 1.22 bits per heavy atom. The minimum Gasteiger partial charge on any atom is -0.345 e. The van der Waals surface area contributed by atoms with Gasteiger partial charge in [0, 0.05) is 23.6 Å². The minimum atomic E-state index is -3.67. The van der Waals surface area contributed by atoms with Gasteiger partial charge in [0.1, 0.15) is 10.0 Å². The predicted molar refractivity (Wildman–Crippen MR) is 96.2 cm³/mol. The molecule has 0 saturated heterocycles. The molecule has 3 aromatic rings. The van der Waals surface area contributed by atoms with Gasteiger partial charge in [-0.05, 0) is 35.7 Å². The first-order chi connectivity index (χ1) is 12.9. The third kappa shape index (κ3) is 4.49. The van der Waals surface area contributed by atoms with E-state index in [1.54, 1.807) is 11.4 Å². The molecular formula is C16H14F2N4O3S2. The topological polar surface area (TPSA) is 93.1 Å². The Hall–Kier alpha value is -2.79. The van der Waals surface area contributed by atoms with Gasteiger partial charge < -0.3 is 5.32 Å². The highest BCUT2D eigenvalue weighted by molar-refractivity contribution is 7.94. The van der Waals surface area contributed by atoms with Crippen LogP contribution in [0, 0.1) is 0 Å². The number of alkyl halides is 2. The summed E-state index contributed by atoms with van der Waals surface area (Å²) >= 11 is 1.09. The van der Waals surface area contributed by atoms with E-state index in [0.717, 1.165) is 17.5 Å². The minimum absolute atomic E-state index is 0.0266. The Morgan fingerprint density at radius 2 is 1.96 bits per heavy atom. The maximum Gasteiger partial charge on any atom is 0.319 e. The van der Waals surface area contributed by atoms with Crippen LogP contribution in [-0.4, -0.2) is 23.9 Å². The normalized spacial score (nSPS) is 11.5.